The highest BCUT2D eigenvalue weighted by Gasteiger charge is 2.24. The molecule has 1 rings (SSSR count). The number of nitrogens with one attached hydrogen (secondary N) is 1. The highest BCUT2D eigenvalue weighted by Crippen LogP contribution is 2.28. The molecule has 0 bridgehead atoms. The molecule has 21 heavy (non-hydrogen) atoms. The van der Waals surface area contributed by atoms with Crippen molar-refractivity contribution in [2.75, 3.05) is 19.0 Å². The molecule has 0 saturated heterocycles. The molecule has 0 saturated carbocycles. The summed E-state index contributed by atoms with van der Waals surface area (Å²) in [6, 6.07) is 3.58. The van der Waals surface area contributed by atoms with Crippen LogP contribution in [-0.2, 0) is 10.0 Å². The van der Waals surface area contributed by atoms with Crippen molar-refractivity contribution in [2.45, 2.75) is 25.2 Å². The molecule has 0 atom stereocenters. The Bertz CT molecular complexity index is 616. The quantitative estimate of drug-likeness (QED) is 0.447. The number of nitro benzene ring substituents is 1. The summed E-state index contributed by atoms with van der Waals surface area (Å²) in [5, 5.41) is 10.9. The number of nitrogens with zero attached hydrogens (tertiary/aromatic N) is 2. The first-order valence-corrected chi connectivity index (χ1v) is 7.85. The van der Waals surface area contributed by atoms with Gasteiger partial charge in [-0.25, -0.2) is 12.7 Å². The van der Waals surface area contributed by atoms with Gasteiger partial charge in [0, 0.05) is 19.7 Å². The van der Waals surface area contributed by atoms with Gasteiger partial charge in [-0.15, -0.1) is 0 Å². The number of anilines is 1. The van der Waals surface area contributed by atoms with Gasteiger partial charge in [0.2, 0.25) is 10.0 Å². The Morgan fingerprint density at radius 3 is 2.52 bits per heavy atom. The van der Waals surface area contributed by atoms with Crippen molar-refractivity contribution >= 4 is 21.4 Å². The van der Waals surface area contributed by atoms with Crippen LogP contribution in [0.4, 0.5) is 11.4 Å². The van der Waals surface area contributed by atoms with Crippen molar-refractivity contribution < 1.29 is 13.3 Å². The predicted octanol–water partition coefficient (Wildman–Crippen LogP) is 1.55. The summed E-state index contributed by atoms with van der Waals surface area (Å²) in [5.74, 6) is 5.54. The lowest BCUT2D eigenvalue weighted by Gasteiger charge is -2.18. The Morgan fingerprint density at radius 1 is 1.43 bits per heavy atom. The van der Waals surface area contributed by atoms with Crippen molar-refractivity contribution in [1.29, 1.82) is 0 Å². The third-order valence-electron chi connectivity index (χ3n) is 3.05. The van der Waals surface area contributed by atoms with Gasteiger partial charge in [0.25, 0.3) is 5.69 Å². The van der Waals surface area contributed by atoms with Gasteiger partial charge >= 0.3 is 0 Å². The molecule has 0 unspecified atom stereocenters. The van der Waals surface area contributed by atoms with Gasteiger partial charge in [-0.05, 0) is 24.5 Å². The third-order valence-corrected chi connectivity index (χ3v) is 4.90. The minimum atomic E-state index is -3.76. The smallest absolute Gasteiger partial charge is 0.294 e. The summed E-state index contributed by atoms with van der Waals surface area (Å²) in [6.07, 6.45) is 0.709. The van der Waals surface area contributed by atoms with E-state index in [0.717, 1.165) is 6.07 Å². The third kappa shape index (κ3) is 4.13. The molecule has 3 N–H and O–H groups in total. The predicted molar refractivity (Wildman–Crippen MR) is 80.2 cm³/mol. The van der Waals surface area contributed by atoms with Gasteiger partial charge in [0.15, 0.2) is 0 Å². The lowest BCUT2D eigenvalue weighted by atomic mass is 10.1. The Kier molecular flexibility index (Phi) is 5.64. The molecule has 8 nitrogen and oxygen atoms in total. The zero-order chi connectivity index (χ0) is 16.2. The molecule has 1 aromatic rings. The van der Waals surface area contributed by atoms with Gasteiger partial charge < -0.3 is 5.43 Å². The van der Waals surface area contributed by atoms with Gasteiger partial charge in [-0.3, -0.25) is 16.0 Å². The normalized spacial score (nSPS) is 11.9. The maximum Gasteiger partial charge on any atom is 0.294 e. The maximum absolute atomic E-state index is 12.4. The molecule has 1 aromatic carbocycles. The largest absolute Gasteiger partial charge is 0.318 e. The van der Waals surface area contributed by atoms with E-state index in [4.69, 9.17) is 5.84 Å². The fourth-order valence-electron chi connectivity index (χ4n) is 1.69. The standard InChI is InChI=1S/C12H20N4O4S/c1-9(2)6-7-15(3)21(19,20)10-4-5-11(14-13)12(8-10)16(17)18/h4-5,8-9,14H,6-7,13H2,1-3H3. The fraction of sp³-hybridized carbons (Fsp3) is 0.500. The number of nitrogens with two attached hydrogens (primary N) is 1. The van der Waals surface area contributed by atoms with E-state index in [2.05, 4.69) is 5.43 Å². The van der Waals surface area contributed by atoms with Gasteiger partial charge in [-0.1, -0.05) is 13.8 Å². The highest BCUT2D eigenvalue weighted by atomic mass is 32.2. The minimum absolute atomic E-state index is 0.0591. The second kappa shape index (κ2) is 6.83. The van der Waals surface area contributed by atoms with E-state index >= 15 is 0 Å². The van der Waals surface area contributed by atoms with Gasteiger partial charge in [-0.2, -0.15) is 0 Å². The number of rotatable bonds is 7. The van der Waals surface area contributed by atoms with Crippen LogP contribution < -0.4 is 11.3 Å². The molecule has 0 aromatic heterocycles. The fourth-order valence-corrected chi connectivity index (χ4v) is 2.89. The first-order chi connectivity index (χ1) is 9.70. The zero-order valence-corrected chi connectivity index (χ0v) is 13.1. The zero-order valence-electron chi connectivity index (χ0n) is 12.2. The van der Waals surface area contributed by atoms with Crippen molar-refractivity contribution in [3.05, 3.63) is 28.3 Å². The molecular formula is C12H20N4O4S. The average molecular weight is 316 g/mol. The second-order valence-corrected chi connectivity index (χ2v) is 7.13. The summed E-state index contributed by atoms with van der Waals surface area (Å²) >= 11 is 0. The molecule has 0 amide bonds. The number of benzene rings is 1. The number of nitro groups is 1. The van der Waals surface area contributed by atoms with E-state index in [-0.39, 0.29) is 16.3 Å². The number of nitrogen functional groups attached to an aromatic ring is 1. The van der Waals surface area contributed by atoms with Crippen molar-refractivity contribution in [2.24, 2.45) is 11.8 Å². The van der Waals surface area contributed by atoms with E-state index in [1.807, 2.05) is 13.8 Å². The molecule has 0 radical (unpaired) electrons. The molecular weight excluding hydrogens is 296 g/mol. The Balaban J connectivity index is 3.14. The van der Waals surface area contributed by atoms with E-state index in [9.17, 15) is 18.5 Å². The van der Waals surface area contributed by atoms with Crippen LogP contribution in [0.2, 0.25) is 0 Å². The Morgan fingerprint density at radius 2 is 2.05 bits per heavy atom. The van der Waals surface area contributed by atoms with Crippen molar-refractivity contribution in [3.63, 3.8) is 0 Å². The monoisotopic (exact) mass is 316 g/mol. The minimum Gasteiger partial charge on any atom is -0.318 e. The van der Waals surface area contributed by atoms with Gasteiger partial charge in [0.1, 0.15) is 5.69 Å². The molecule has 0 fully saturated rings. The van der Waals surface area contributed by atoms with E-state index in [1.165, 1.54) is 23.5 Å². The molecule has 0 heterocycles. The molecule has 0 spiro atoms. The highest BCUT2D eigenvalue weighted by molar-refractivity contribution is 7.89. The van der Waals surface area contributed by atoms with Crippen LogP contribution >= 0.6 is 0 Å². The molecule has 0 aliphatic carbocycles. The Hall–Kier alpha value is -1.71. The lowest BCUT2D eigenvalue weighted by Crippen LogP contribution is -2.28. The summed E-state index contributed by atoms with van der Waals surface area (Å²) in [5.41, 5.74) is 1.85. The van der Waals surface area contributed by atoms with Crippen LogP contribution in [-0.4, -0.2) is 31.2 Å². The topological polar surface area (TPSA) is 119 Å². The van der Waals surface area contributed by atoms with E-state index in [0.29, 0.717) is 18.9 Å². The van der Waals surface area contributed by atoms with Crippen LogP contribution in [0.1, 0.15) is 20.3 Å². The summed E-state index contributed by atoms with van der Waals surface area (Å²) in [6.45, 7) is 4.34. The number of hydrazine groups is 1. The van der Waals surface area contributed by atoms with Crippen molar-refractivity contribution in [3.8, 4) is 0 Å². The molecule has 0 aliphatic rings. The van der Waals surface area contributed by atoms with Crippen LogP contribution in [0.5, 0.6) is 0 Å². The molecule has 118 valence electrons. The summed E-state index contributed by atoms with van der Waals surface area (Å²) in [7, 11) is -2.30. The first kappa shape index (κ1) is 17.3. The second-order valence-electron chi connectivity index (χ2n) is 5.09. The number of sulfonamides is 1. The van der Waals surface area contributed by atoms with E-state index in [1.54, 1.807) is 0 Å². The van der Waals surface area contributed by atoms with Crippen LogP contribution in [0.3, 0.4) is 0 Å². The first-order valence-electron chi connectivity index (χ1n) is 6.41. The number of hydrogen-bond acceptors (Lipinski definition) is 6. The SMILES string of the molecule is CC(C)CCN(C)S(=O)(=O)c1ccc(NN)c([N+](=O)[O-])c1. The molecule has 9 heteroatoms. The number of hydrogen-bond donors (Lipinski definition) is 2. The maximum atomic E-state index is 12.4. The van der Waals surface area contributed by atoms with Crippen LogP contribution in [0, 0.1) is 16.0 Å². The summed E-state index contributed by atoms with van der Waals surface area (Å²) in [4.78, 5) is 10.1. The lowest BCUT2D eigenvalue weighted by molar-refractivity contribution is -0.384. The summed E-state index contributed by atoms with van der Waals surface area (Å²) < 4.78 is 25.9. The van der Waals surface area contributed by atoms with Gasteiger partial charge in [0.05, 0.1) is 9.82 Å². The van der Waals surface area contributed by atoms with Crippen LogP contribution in [0.15, 0.2) is 23.1 Å². The van der Waals surface area contributed by atoms with E-state index < -0.39 is 14.9 Å². The van der Waals surface area contributed by atoms with Crippen molar-refractivity contribution in [1.82, 2.24) is 4.31 Å². The molecule has 0 aliphatic heterocycles. The average Bonchev–Trinajstić information content (AvgIpc) is 2.43. The van der Waals surface area contributed by atoms with Crippen LogP contribution in [0.25, 0.3) is 0 Å². The Labute approximate surface area is 124 Å².